The van der Waals surface area contributed by atoms with Crippen molar-refractivity contribution < 1.29 is 0 Å². The van der Waals surface area contributed by atoms with Gasteiger partial charge in [0.25, 0.3) is 0 Å². The van der Waals surface area contributed by atoms with E-state index in [9.17, 15) is 0 Å². The molecular formula is C10H19N3S. The molecule has 3 nitrogen and oxygen atoms in total. The topological polar surface area (TPSA) is 28.2 Å². The number of anilines is 1. The summed E-state index contributed by atoms with van der Waals surface area (Å²) in [4.78, 5) is 8.00. The Morgan fingerprint density at radius 3 is 2.64 bits per heavy atom. The molecule has 0 spiro atoms. The third kappa shape index (κ3) is 3.27. The monoisotopic (exact) mass is 213 g/mol. The van der Waals surface area contributed by atoms with E-state index in [0.717, 1.165) is 30.5 Å². The summed E-state index contributed by atoms with van der Waals surface area (Å²) in [6, 6.07) is 0. The van der Waals surface area contributed by atoms with E-state index in [2.05, 4.69) is 43.0 Å². The number of aromatic nitrogens is 1. The van der Waals surface area contributed by atoms with Gasteiger partial charge in [0.2, 0.25) is 0 Å². The van der Waals surface area contributed by atoms with Crippen molar-refractivity contribution in [3.05, 3.63) is 10.6 Å². The van der Waals surface area contributed by atoms with E-state index < -0.39 is 0 Å². The van der Waals surface area contributed by atoms with Gasteiger partial charge in [-0.15, -0.1) is 11.3 Å². The summed E-state index contributed by atoms with van der Waals surface area (Å²) in [5.41, 5.74) is 1.14. The van der Waals surface area contributed by atoms with Gasteiger partial charge >= 0.3 is 0 Å². The van der Waals surface area contributed by atoms with Gasteiger partial charge in [-0.05, 0) is 27.4 Å². The molecule has 1 aromatic heterocycles. The molecule has 0 saturated carbocycles. The highest BCUT2D eigenvalue weighted by Crippen LogP contribution is 2.20. The van der Waals surface area contributed by atoms with E-state index in [0.29, 0.717) is 0 Å². The third-order valence-corrected chi connectivity index (χ3v) is 3.37. The highest BCUT2D eigenvalue weighted by atomic mass is 32.1. The molecule has 0 radical (unpaired) electrons. The Morgan fingerprint density at radius 1 is 1.43 bits per heavy atom. The van der Waals surface area contributed by atoms with Crippen LogP contribution in [-0.2, 0) is 0 Å². The molecule has 1 N–H and O–H groups in total. The summed E-state index contributed by atoms with van der Waals surface area (Å²) in [7, 11) is 2.13. The van der Waals surface area contributed by atoms with Crippen molar-refractivity contribution in [2.24, 2.45) is 0 Å². The summed E-state index contributed by atoms with van der Waals surface area (Å²) >= 11 is 1.73. The molecule has 0 aliphatic rings. The highest BCUT2D eigenvalue weighted by molar-refractivity contribution is 7.15. The molecule has 0 saturated heterocycles. The number of hydrogen-bond donors (Lipinski definition) is 1. The standard InChI is InChI=1S/C10H19N3S/c1-5-13(4)7-6-11-10-12-8(2)9(3)14-10/h5-7H2,1-4H3,(H,11,12). The average Bonchev–Trinajstić information content (AvgIpc) is 2.46. The first-order valence-corrected chi connectivity index (χ1v) is 5.81. The molecule has 1 aromatic rings. The number of rotatable bonds is 5. The maximum Gasteiger partial charge on any atom is 0.183 e. The highest BCUT2D eigenvalue weighted by Gasteiger charge is 2.02. The van der Waals surface area contributed by atoms with Crippen molar-refractivity contribution in [2.45, 2.75) is 20.8 Å². The Balaban J connectivity index is 2.31. The van der Waals surface area contributed by atoms with Gasteiger partial charge in [-0.25, -0.2) is 4.98 Å². The minimum absolute atomic E-state index is 0.969. The summed E-state index contributed by atoms with van der Waals surface area (Å²) in [5.74, 6) is 0. The van der Waals surface area contributed by atoms with E-state index in [1.807, 2.05) is 0 Å². The fourth-order valence-electron chi connectivity index (χ4n) is 1.06. The zero-order valence-electron chi connectivity index (χ0n) is 9.42. The summed E-state index contributed by atoms with van der Waals surface area (Å²) in [5, 5.41) is 4.38. The number of likely N-dealkylation sites (N-methyl/N-ethyl adjacent to an activating group) is 1. The van der Waals surface area contributed by atoms with Crippen molar-refractivity contribution in [1.82, 2.24) is 9.88 Å². The van der Waals surface area contributed by atoms with E-state index in [1.54, 1.807) is 11.3 Å². The second kappa shape index (κ2) is 5.32. The molecule has 0 fully saturated rings. The fraction of sp³-hybridized carbons (Fsp3) is 0.700. The molecule has 0 aliphatic carbocycles. The Morgan fingerprint density at radius 2 is 2.14 bits per heavy atom. The lowest BCUT2D eigenvalue weighted by Gasteiger charge is -2.13. The minimum atomic E-state index is 0.969. The zero-order chi connectivity index (χ0) is 10.6. The van der Waals surface area contributed by atoms with Crippen molar-refractivity contribution in [1.29, 1.82) is 0 Å². The van der Waals surface area contributed by atoms with E-state index in [1.165, 1.54) is 4.88 Å². The van der Waals surface area contributed by atoms with Crippen LogP contribution in [0, 0.1) is 13.8 Å². The molecular weight excluding hydrogens is 194 g/mol. The summed E-state index contributed by atoms with van der Waals surface area (Å²) in [6.45, 7) is 9.45. The van der Waals surface area contributed by atoms with Crippen LogP contribution in [0.15, 0.2) is 0 Å². The molecule has 0 atom stereocenters. The number of thiazole rings is 1. The predicted molar refractivity (Wildman–Crippen MR) is 63.2 cm³/mol. The van der Waals surface area contributed by atoms with Gasteiger partial charge in [0.15, 0.2) is 5.13 Å². The van der Waals surface area contributed by atoms with Gasteiger partial charge in [-0.1, -0.05) is 6.92 Å². The van der Waals surface area contributed by atoms with Crippen LogP contribution in [0.4, 0.5) is 5.13 Å². The molecule has 80 valence electrons. The molecule has 0 unspecified atom stereocenters. The van der Waals surface area contributed by atoms with Gasteiger partial charge in [0.05, 0.1) is 5.69 Å². The Hall–Kier alpha value is -0.610. The van der Waals surface area contributed by atoms with Gasteiger partial charge < -0.3 is 10.2 Å². The SMILES string of the molecule is CCN(C)CCNc1nc(C)c(C)s1. The van der Waals surface area contributed by atoms with Crippen LogP contribution in [0.25, 0.3) is 0 Å². The zero-order valence-corrected chi connectivity index (χ0v) is 10.2. The van der Waals surface area contributed by atoms with Crippen molar-refractivity contribution >= 4 is 16.5 Å². The first kappa shape index (κ1) is 11.5. The Labute approximate surface area is 90.2 Å². The molecule has 0 aliphatic heterocycles. The lowest BCUT2D eigenvalue weighted by molar-refractivity contribution is 0.367. The Kier molecular flexibility index (Phi) is 4.35. The molecule has 0 aromatic carbocycles. The maximum absolute atomic E-state index is 4.42. The van der Waals surface area contributed by atoms with Crippen LogP contribution in [0.3, 0.4) is 0 Å². The van der Waals surface area contributed by atoms with Crippen molar-refractivity contribution in [3.63, 3.8) is 0 Å². The first-order chi connectivity index (χ1) is 6.63. The number of nitrogens with zero attached hydrogens (tertiary/aromatic N) is 2. The van der Waals surface area contributed by atoms with Crippen molar-refractivity contribution in [2.75, 3.05) is 32.0 Å². The van der Waals surface area contributed by atoms with Gasteiger partial charge in [-0.2, -0.15) is 0 Å². The fourth-order valence-corrected chi connectivity index (χ4v) is 1.90. The average molecular weight is 213 g/mol. The van der Waals surface area contributed by atoms with Crippen molar-refractivity contribution in [3.8, 4) is 0 Å². The number of nitrogens with one attached hydrogen (secondary N) is 1. The smallest absolute Gasteiger partial charge is 0.183 e. The molecule has 1 heterocycles. The lowest BCUT2D eigenvalue weighted by Crippen LogP contribution is -2.24. The van der Waals surface area contributed by atoms with Crippen LogP contribution in [0.1, 0.15) is 17.5 Å². The maximum atomic E-state index is 4.42. The summed E-state index contributed by atoms with van der Waals surface area (Å²) in [6.07, 6.45) is 0. The lowest BCUT2D eigenvalue weighted by atomic mass is 10.4. The predicted octanol–water partition coefficient (Wildman–Crippen LogP) is 2.12. The van der Waals surface area contributed by atoms with Gasteiger partial charge in [0.1, 0.15) is 0 Å². The quantitative estimate of drug-likeness (QED) is 0.812. The third-order valence-electron chi connectivity index (χ3n) is 2.34. The second-order valence-electron chi connectivity index (χ2n) is 3.48. The van der Waals surface area contributed by atoms with Crippen LogP contribution in [0.5, 0.6) is 0 Å². The van der Waals surface area contributed by atoms with E-state index in [-0.39, 0.29) is 0 Å². The van der Waals surface area contributed by atoms with Crippen LogP contribution >= 0.6 is 11.3 Å². The van der Waals surface area contributed by atoms with Crippen LogP contribution < -0.4 is 5.32 Å². The number of aryl methyl sites for hydroxylation is 2. The minimum Gasteiger partial charge on any atom is -0.360 e. The molecule has 1 rings (SSSR count). The van der Waals surface area contributed by atoms with Crippen LogP contribution in [-0.4, -0.2) is 36.6 Å². The Bertz CT molecular complexity index is 263. The normalized spacial score (nSPS) is 10.9. The first-order valence-electron chi connectivity index (χ1n) is 5.00. The van der Waals surface area contributed by atoms with Gasteiger partial charge in [0, 0.05) is 18.0 Å². The largest absolute Gasteiger partial charge is 0.360 e. The summed E-state index contributed by atoms with van der Waals surface area (Å²) < 4.78 is 0. The van der Waals surface area contributed by atoms with E-state index in [4.69, 9.17) is 0 Å². The number of hydrogen-bond acceptors (Lipinski definition) is 4. The molecule has 14 heavy (non-hydrogen) atoms. The van der Waals surface area contributed by atoms with Gasteiger partial charge in [-0.3, -0.25) is 0 Å². The second-order valence-corrected chi connectivity index (χ2v) is 4.69. The molecule has 0 amide bonds. The van der Waals surface area contributed by atoms with E-state index >= 15 is 0 Å². The molecule has 4 heteroatoms. The van der Waals surface area contributed by atoms with Crippen LogP contribution in [0.2, 0.25) is 0 Å². The molecule has 0 bridgehead atoms.